The van der Waals surface area contributed by atoms with Crippen molar-refractivity contribution in [1.29, 1.82) is 0 Å². The first kappa shape index (κ1) is 13.5. The van der Waals surface area contributed by atoms with Crippen LogP contribution in [0, 0.1) is 5.92 Å². The molecule has 18 heavy (non-hydrogen) atoms. The fraction of sp³-hybridized carbons (Fsp3) is 0.769. The predicted octanol–water partition coefficient (Wildman–Crippen LogP) is -0.303. The molecule has 0 saturated heterocycles. The lowest BCUT2D eigenvalue weighted by Gasteiger charge is -2.15. The largest absolute Gasteiger partial charge is 0.368 e. The molecule has 2 rings (SSSR count). The Balaban J connectivity index is 1.89. The fourth-order valence-electron chi connectivity index (χ4n) is 2.51. The number of nitrogens with one attached hydrogen (secondary N) is 3. The first-order valence-corrected chi connectivity index (χ1v) is 6.89. The normalized spacial score (nSPS) is 34.3. The van der Waals surface area contributed by atoms with Crippen molar-refractivity contribution in [2.45, 2.75) is 31.2 Å². The predicted molar refractivity (Wildman–Crippen MR) is 71.9 cm³/mol. The summed E-state index contributed by atoms with van der Waals surface area (Å²) in [6, 6.07) is 0. The van der Waals surface area contributed by atoms with Crippen molar-refractivity contribution in [3.63, 3.8) is 0 Å². The zero-order valence-electron chi connectivity index (χ0n) is 10.9. The molecule has 1 fully saturated rings. The van der Waals surface area contributed by atoms with Crippen LogP contribution in [0.5, 0.6) is 0 Å². The van der Waals surface area contributed by atoms with Crippen LogP contribution in [0.15, 0.2) is 12.2 Å². The average Bonchev–Trinajstić information content (AvgIpc) is 3.05. The van der Waals surface area contributed by atoms with E-state index in [1.165, 1.54) is 12.8 Å². The Morgan fingerprint density at radius 1 is 1.22 bits per heavy atom. The molecule has 1 aliphatic heterocycles. The summed E-state index contributed by atoms with van der Waals surface area (Å²) in [5.41, 5.74) is 5.03. The molecule has 1 aliphatic carbocycles. The lowest BCUT2D eigenvalue weighted by Crippen LogP contribution is -2.48. The Bertz CT molecular complexity index is 318. The van der Waals surface area contributed by atoms with Crippen molar-refractivity contribution in [2.75, 3.05) is 26.3 Å². The summed E-state index contributed by atoms with van der Waals surface area (Å²) in [6.45, 7) is 3.50. The molecule has 0 radical (unpaired) electrons. The van der Waals surface area contributed by atoms with E-state index in [-0.39, 0.29) is 11.8 Å². The van der Waals surface area contributed by atoms with Crippen molar-refractivity contribution in [1.82, 2.24) is 16.0 Å². The lowest BCUT2D eigenvalue weighted by atomic mass is 10.1. The van der Waals surface area contributed by atoms with Gasteiger partial charge in [0.25, 0.3) is 0 Å². The number of carbonyl (C=O) groups excluding carboxylic acids is 1. The summed E-state index contributed by atoms with van der Waals surface area (Å²) < 4.78 is 0. The Labute approximate surface area is 109 Å². The first-order chi connectivity index (χ1) is 8.76. The summed E-state index contributed by atoms with van der Waals surface area (Å²) in [7, 11) is 0. The van der Waals surface area contributed by atoms with E-state index < -0.39 is 5.54 Å². The van der Waals surface area contributed by atoms with E-state index in [1.54, 1.807) is 0 Å². The molecular weight excluding hydrogens is 228 g/mol. The molecule has 0 spiro atoms. The molecule has 5 nitrogen and oxygen atoms in total. The molecule has 1 saturated carbocycles. The Kier molecular flexibility index (Phi) is 4.74. The van der Waals surface area contributed by atoms with E-state index in [0.717, 1.165) is 39.1 Å². The molecule has 0 aromatic carbocycles. The van der Waals surface area contributed by atoms with Gasteiger partial charge in [-0.1, -0.05) is 12.2 Å². The van der Waals surface area contributed by atoms with Crippen molar-refractivity contribution >= 4 is 5.91 Å². The van der Waals surface area contributed by atoms with Crippen molar-refractivity contribution in [2.24, 2.45) is 11.7 Å². The van der Waals surface area contributed by atoms with Crippen LogP contribution in [-0.4, -0.2) is 37.7 Å². The summed E-state index contributed by atoms with van der Waals surface area (Å²) in [5.74, 6) is 0.0680. The number of primary amides is 1. The number of nitrogens with two attached hydrogens (primary N) is 1. The number of carbonyl (C=O) groups is 1. The molecule has 2 aliphatic rings. The van der Waals surface area contributed by atoms with Gasteiger partial charge in [-0.2, -0.15) is 0 Å². The van der Waals surface area contributed by atoms with Crippen LogP contribution in [0.1, 0.15) is 25.7 Å². The minimum absolute atomic E-state index is 0.220. The molecule has 2 unspecified atom stereocenters. The minimum atomic E-state index is -0.476. The second-order valence-corrected chi connectivity index (χ2v) is 5.17. The highest BCUT2D eigenvalue weighted by atomic mass is 16.1. The highest BCUT2D eigenvalue weighted by Crippen LogP contribution is 2.44. The van der Waals surface area contributed by atoms with Crippen LogP contribution >= 0.6 is 0 Å². The maximum atomic E-state index is 11.6. The van der Waals surface area contributed by atoms with E-state index in [1.807, 2.05) is 0 Å². The molecule has 1 amide bonds. The van der Waals surface area contributed by atoms with E-state index in [4.69, 9.17) is 5.73 Å². The number of allylic oxidation sites excluding steroid dienone is 1. The van der Waals surface area contributed by atoms with Gasteiger partial charge in [0.05, 0.1) is 0 Å². The number of hydrogen-bond acceptors (Lipinski definition) is 4. The van der Waals surface area contributed by atoms with Crippen molar-refractivity contribution < 1.29 is 4.79 Å². The fourth-order valence-corrected chi connectivity index (χ4v) is 2.51. The second-order valence-electron chi connectivity index (χ2n) is 5.17. The van der Waals surface area contributed by atoms with Gasteiger partial charge in [0.1, 0.15) is 5.54 Å². The summed E-state index contributed by atoms with van der Waals surface area (Å²) in [4.78, 5) is 11.6. The van der Waals surface area contributed by atoms with Crippen LogP contribution in [0.4, 0.5) is 0 Å². The van der Waals surface area contributed by atoms with Crippen LogP contribution in [0.3, 0.4) is 0 Å². The van der Waals surface area contributed by atoms with Crippen molar-refractivity contribution in [3.05, 3.63) is 12.2 Å². The van der Waals surface area contributed by atoms with Crippen molar-refractivity contribution in [3.8, 4) is 0 Å². The second kappa shape index (κ2) is 6.31. The number of rotatable bonds is 1. The third-order valence-electron chi connectivity index (χ3n) is 3.79. The Hall–Kier alpha value is -0.910. The zero-order chi connectivity index (χ0) is 12.8. The standard InChI is InChI=1S/C13H24N4O/c14-12(18)13-9-11(13)5-3-1-2-4-6-15-10-16-7-8-17-13/h3,5,11,15-17H,1-2,4,6-10H2,(H2,14,18). The molecule has 0 bridgehead atoms. The molecule has 1 heterocycles. The molecular formula is C13H24N4O. The topological polar surface area (TPSA) is 79.2 Å². The lowest BCUT2D eigenvalue weighted by molar-refractivity contribution is -0.121. The van der Waals surface area contributed by atoms with Gasteiger partial charge in [0.2, 0.25) is 5.91 Å². The van der Waals surface area contributed by atoms with Gasteiger partial charge in [-0.15, -0.1) is 0 Å². The van der Waals surface area contributed by atoms with Gasteiger partial charge < -0.3 is 21.7 Å². The third kappa shape index (κ3) is 3.31. The van der Waals surface area contributed by atoms with Crippen LogP contribution < -0.4 is 21.7 Å². The summed E-state index contributed by atoms with van der Waals surface area (Å²) >= 11 is 0. The highest BCUT2D eigenvalue weighted by molar-refractivity contribution is 5.89. The number of hydrogen-bond donors (Lipinski definition) is 4. The average molecular weight is 252 g/mol. The monoisotopic (exact) mass is 252 g/mol. The van der Waals surface area contributed by atoms with Gasteiger partial charge in [-0.25, -0.2) is 0 Å². The zero-order valence-corrected chi connectivity index (χ0v) is 10.9. The Morgan fingerprint density at radius 3 is 2.89 bits per heavy atom. The molecule has 5 N–H and O–H groups in total. The minimum Gasteiger partial charge on any atom is -0.368 e. The summed E-state index contributed by atoms with van der Waals surface area (Å²) in [5, 5.41) is 9.94. The third-order valence-corrected chi connectivity index (χ3v) is 3.79. The van der Waals surface area contributed by atoms with Crippen LogP contribution in [-0.2, 0) is 4.79 Å². The number of amides is 1. The molecule has 102 valence electrons. The molecule has 0 aromatic heterocycles. The van der Waals surface area contributed by atoms with Crippen LogP contribution in [0.2, 0.25) is 0 Å². The van der Waals surface area contributed by atoms with E-state index in [0.29, 0.717) is 0 Å². The SMILES string of the molecule is NC(=O)C12CC1C=CCCCCNCNCCN2. The van der Waals surface area contributed by atoms with E-state index in [9.17, 15) is 4.79 Å². The molecule has 0 aromatic rings. The maximum absolute atomic E-state index is 11.6. The van der Waals surface area contributed by atoms with Crippen LogP contribution in [0.25, 0.3) is 0 Å². The quantitative estimate of drug-likeness (QED) is 0.483. The molecule has 5 heteroatoms. The summed E-state index contributed by atoms with van der Waals surface area (Å²) in [6.07, 6.45) is 8.66. The maximum Gasteiger partial charge on any atom is 0.238 e. The first-order valence-electron chi connectivity index (χ1n) is 6.89. The highest BCUT2D eigenvalue weighted by Gasteiger charge is 2.57. The van der Waals surface area contributed by atoms with Gasteiger partial charge in [0, 0.05) is 25.7 Å². The Morgan fingerprint density at radius 2 is 2.06 bits per heavy atom. The van der Waals surface area contributed by atoms with E-state index >= 15 is 0 Å². The smallest absolute Gasteiger partial charge is 0.238 e. The van der Waals surface area contributed by atoms with E-state index in [2.05, 4.69) is 28.1 Å². The number of fused-ring (bicyclic) bond motifs is 1. The molecule has 2 atom stereocenters. The van der Waals surface area contributed by atoms with Gasteiger partial charge in [0.15, 0.2) is 0 Å². The van der Waals surface area contributed by atoms with Gasteiger partial charge in [-0.05, 0) is 32.2 Å². The van der Waals surface area contributed by atoms with Gasteiger partial charge >= 0.3 is 0 Å². The van der Waals surface area contributed by atoms with Gasteiger partial charge in [-0.3, -0.25) is 4.79 Å².